The largest absolute Gasteiger partial charge is 0.481 e. The van der Waals surface area contributed by atoms with Crippen LogP contribution in [0.1, 0.15) is 27.2 Å². The summed E-state index contributed by atoms with van der Waals surface area (Å²) < 4.78 is 0. The topological polar surface area (TPSA) is 63.3 Å². The quantitative estimate of drug-likeness (QED) is 0.718. The van der Waals surface area contributed by atoms with Gasteiger partial charge in [0, 0.05) is 43.3 Å². The molecule has 0 spiro atoms. The Labute approximate surface area is 96.8 Å². The highest BCUT2D eigenvalue weighted by Crippen LogP contribution is 2.22. The number of carboxylic acids is 1. The van der Waals surface area contributed by atoms with Crippen molar-refractivity contribution in [3.8, 4) is 0 Å². The van der Waals surface area contributed by atoms with E-state index in [0.717, 1.165) is 0 Å². The first-order chi connectivity index (χ1) is 5.36. The molecule has 0 aliphatic heterocycles. The van der Waals surface area contributed by atoms with Crippen LogP contribution < -0.4 is 5.73 Å². The van der Waals surface area contributed by atoms with Gasteiger partial charge in [-0.05, 0) is 12.3 Å². The van der Waals surface area contributed by atoms with E-state index in [0.29, 0.717) is 0 Å². The Bertz CT molecular complexity index is 137. The second kappa shape index (κ2) is 7.31. The molecule has 1 unspecified atom stereocenters. The lowest BCUT2D eigenvalue weighted by atomic mass is 9.83. The number of rotatable bonds is 3. The van der Waals surface area contributed by atoms with Crippen LogP contribution in [0.5, 0.6) is 0 Å². The predicted molar refractivity (Wildman–Crippen MR) is 67.7 cm³/mol. The monoisotopic (exact) mass is 399 g/mol. The van der Waals surface area contributed by atoms with E-state index in [1.54, 1.807) is 0 Å². The van der Waals surface area contributed by atoms with Crippen LogP contribution in [-0.2, 0) is 4.79 Å². The molecule has 0 aliphatic carbocycles. The summed E-state index contributed by atoms with van der Waals surface area (Å²) in [4.78, 5) is 10.3. The molecule has 1 atom stereocenters. The molecule has 0 saturated heterocycles. The van der Waals surface area contributed by atoms with Gasteiger partial charge in [0.05, 0.1) is 6.42 Å². The number of carboxylic acid groups (broad SMARTS) is 1. The number of hydrogen-bond donors (Lipinski definition) is 2. The van der Waals surface area contributed by atoms with E-state index in [-0.39, 0.29) is 17.9 Å². The summed E-state index contributed by atoms with van der Waals surface area (Å²) in [5, 5.41) is 8.44. The van der Waals surface area contributed by atoms with Gasteiger partial charge in [-0.25, -0.2) is 0 Å². The second-order valence-electron chi connectivity index (χ2n) is 3.35. The average Bonchev–Trinajstić information content (AvgIpc) is 1.89. The Balaban J connectivity index is 0. The van der Waals surface area contributed by atoms with Crippen molar-refractivity contribution in [2.45, 2.75) is 33.2 Å². The van der Waals surface area contributed by atoms with Crippen LogP contribution in [0.25, 0.3) is 0 Å². The minimum Gasteiger partial charge on any atom is -0.481 e. The minimum atomic E-state index is -0.790. The smallest absolute Gasteiger partial charge is 0.303 e. The summed E-state index contributed by atoms with van der Waals surface area (Å²) in [6.45, 7) is 5.53. The highest BCUT2D eigenvalue weighted by molar-refractivity contribution is 15.0. The zero-order chi connectivity index (χ0) is 10.4. The number of carbonyl (C=O) groups is 1. The maximum absolute atomic E-state index is 10.3. The first-order valence-corrected chi connectivity index (χ1v) is 9.76. The fraction of sp³-hybridized carbons (Fsp3) is 0.857. The molecular formula is C7H15I2NO2. The normalized spacial score (nSPS) is 12.8. The third-order valence-corrected chi connectivity index (χ3v) is 1.84. The molecule has 3 nitrogen and oxygen atoms in total. The van der Waals surface area contributed by atoms with Gasteiger partial charge in [0.1, 0.15) is 0 Å². The van der Waals surface area contributed by atoms with E-state index in [1.807, 2.05) is 20.8 Å². The van der Waals surface area contributed by atoms with Crippen LogP contribution in [0.4, 0.5) is 0 Å². The lowest BCUT2D eigenvalue weighted by Gasteiger charge is -2.26. The molecule has 0 aromatic heterocycles. The highest BCUT2D eigenvalue weighted by Gasteiger charge is 2.25. The van der Waals surface area contributed by atoms with Gasteiger partial charge in [0.25, 0.3) is 0 Å². The summed E-state index contributed by atoms with van der Waals surface area (Å²) >= 11 is 4.24. The number of aliphatic carboxylic acids is 1. The fourth-order valence-electron chi connectivity index (χ4n) is 0.551. The fourth-order valence-corrected chi connectivity index (χ4v) is 0.551. The first kappa shape index (κ1) is 15.4. The van der Waals surface area contributed by atoms with Gasteiger partial charge in [0.15, 0.2) is 0 Å². The molecule has 12 heavy (non-hydrogen) atoms. The van der Waals surface area contributed by atoms with Crippen LogP contribution in [-0.4, -0.2) is 17.1 Å². The van der Waals surface area contributed by atoms with E-state index < -0.39 is 5.97 Å². The van der Waals surface area contributed by atoms with Crippen LogP contribution in [0, 0.1) is 5.41 Å². The van der Waals surface area contributed by atoms with Gasteiger partial charge in [0.2, 0.25) is 0 Å². The van der Waals surface area contributed by atoms with Crippen LogP contribution in [0.15, 0.2) is 0 Å². The van der Waals surface area contributed by atoms with Crippen LogP contribution >= 0.6 is 37.2 Å². The molecule has 5 heteroatoms. The van der Waals surface area contributed by atoms with E-state index in [2.05, 4.69) is 37.2 Å². The molecule has 0 rings (SSSR count). The molecule has 0 bridgehead atoms. The molecule has 0 saturated carbocycles. The van der Waals surface area contributed by atoms with Crippen molar-refractivity contribution in [1.29, 1.82) is 0 Å². The van der Waals surface area contributed by atoms with Crippen molar-refractivity contribution in [3.05, 3.63) is 0 Å². The van der Waals surface area contributed by atoms with Crippen LogP contribution in [0.3, 0.4) is 0 Å². The van der Waals surface area contributed by atoms with Crippen molar-refractivity contribution in [3.63, 3.8) is 0 Å². The standard InChI is InChI=1S/C7H15NO2.I2/c1-5(8)7(2,3)4-6(9)10;1-2/h5H,4,8H2,1-3H3,(H,9,10);. The molecule has 3 N–H and O–H groups in total. The number of hydrogen-bond acceptors (Lipinski definition) is 2. The summed E-state index contributed by atoms with van der Waals surface area (Å²) in [5.74, 6) is -0.790. The lowest BCUT2D eigenvalue weighted by molar-refractivity contribution is -0.139. The molecule has 0 radical (unpaired) electrons. The Morgan fingerprint density at radius 1 is 1.58 bits per heavy atom. The maximum atomic E-state index is 10.3. The van der Waals surface area contributed by atoms with Crippen molar-refractivity contribution in [2.75, 3.05) is 0 Å². The highest BCUT2D eigenvalue weighted by atomic mass is 128. The molecular weight excluding hydrogens is 384 g/mol. The molecule has 0 fully saturated rings. The minimum absolute atomic E-state index is 0.0800. The van der Waals surface area contributed by atoms with Crippen LogP contribution in [0.2, 0.25) is 0 Å². The third-order valence-electron chi connectivity index (χ3n) is 1.84. The Morgan fingerprint density at radius 3 is 2.00 bits per heavy atom. The lowest BCUT2D eigenvalue weighted by Crippen LogP contribution is -2.36. The summed E-state index contributed by atoms with van der Waals surface area (Å²) in [6.07, 6.45) is 0.130. The zero-order valence-corrected chi connectivity index (χ0v) is 11.8. The Morgan fingerprint density at radius 2 is 1.92 bits per heavy atom. The number of nitrogens with two attached hydrogens (primary N) is 1. The van der Waals surface area contributed by atoms with E-state index in [9.17, 15) is 4.79 Å². The summed E-state index contributed by atoms with van der Waals surface area (Å²) in [5.41, 5.74) is 5.26. The van der Waals surface area contributed by atoms with Gasteiger partial charge in [-0.3, -0.25) is 4.79 Å². The van der Waals surface area contributed by atoms with Gasteiger partial charge in [-0.2, -0.15) is 0 Å². The van der Waals surface area contributed by atoms with Crippen molar-refractivity contribution in [1.82, 2.24) is 0 Å². The second-order valence-corrected chi connectivity index (χ2v) is 3.35. The summed E-state index contributed by atoms with van der Waals surface area (Å²) in [6, 6.07) is -0.0800. The molecule has 0 amide bonds. The van der Waals surface area contributed by atoms with Gasteiger partial charge in [-0.15, -0.1) is 0 Å². The van der Waals surface area contributed by atoms with Crippen molar-refractivity contribution in [2.24, 2.45) is 11.1 Å². The maximum Gasteiger partial charge on any atom is 0.303 e. The van der Waals surface area contributed by atoms with Gasteiger partial charge >= 0.3 is 5.97 Å². The van der Waals surface area contributed by atoms with E-state index in [4.69, 9.17) is 10.8 Å². The van der Waals surface area contributed by atoms with Gasteiger partial charge < -0.3 is 10.8 Å². The third kappa shape index (κ3) is 7.53. The predicted octanol–water partition coefficient (Wildman–Crippen LogP) is 2.61. The van der Waals surface area contributed by atoms with Crippen molar-refractivity contribution >= 4 is 43.2 Å². The molecule has 0 aliphatic rings. The van der Waals surface area contributed by atoms with E-state index in [1.165, 1.54) is 0 Å². The molecule has 0 aromatic rings. The Kier molecular flexibility index (Phi) is 9.36. The number of halogens is 2. The SMILES string of the molecule is CC(N)C(C)(C)CC(=O)O.II. The molecule has 74 valence electrons. The van der Waals surface area contributed by atoms with Crippen molar-refractivity contribution < 1.29 is 9.90 Å². The Hall–Kier alpha value is 0.890. The van der Waals surface area contributed by atoms with E-state index >= 15 is 0 Å². The average molecular weight is 399 g/mol. The zero-order valence-electron chi connectivity index (χ0n) is 7.47. The molecule has 0 heterocycles. The molecule has 0 aromatic carbocycles. The van der Waals surface area contributed by atoms with Gasteiger partial charge in [-0.1, -0.05) is 13.8 Å². The first-order valence-electron chi connectivity index (χ1n) is 3.48. The summed E-state index contributed by atoms with van der Waals surface area (Å²) in [7, 11) is 0.